The lowest BCUT2D eigenvalue weighted by atomic mass is 10.1. The molecule has 4 heteroatoms. The van der Waals surface area contributed by atoms with Gasteiger partial charge in [0.1, 0.15) is 5.75 Å². The van der Waals surface area contributed by atoms with Crippen LogP contribution < -0.4 is 10.6 Å². The van der Waals surface area contributed by atoms with E-state index < -0.39 is 11.6 Å². The predicted molar refractivity (Wildman–Crippen MR) is 56.2 cm³/mol. The van der Waals surface area contributed by atoms with Gasteiger partial charge in [0.25, 0.3) is 0 Å². The van der Waals surface area contributed by atoms with E-state index in [0.717, 1.165) is 5.56 Å². The van der Waals surface area contributed by atoms with Crippen LogP contribution in [0.5, 0.6) is 5.75 Å². The Kier molecular flexibility index (Phi) is 3.31. The second-order valence-electron chi connectivity index (χ2n) is 3.83. The average Bonchev–Trinajstić information content (AvgIpc) is 2.20. The topological polar surface area (TPSA) is 61.5 Å². The molecule has 1 rings (SSSR count). The lowest BCUT2D eigenvalue weighted by molar-refractivity contribution is -0.159. The monoisotopic (exact) mass is 209 g/mol. The number of aryl methyl sites for hydroxylation is 1. The molecule has 4 nitrogen and oxygen atoms in total. The molecule has 0 bridgehead atoms. The van der Waals surface area contributed by atoms with Crippen molar-refractivity contribution in [2.24, 2.45) is 5.90 Å². The Morgan fingerprint density at radius 1 is 1.27 bits per heavy atom. The molecule has 0 radical (unpaired) electrons. The highest BCUT2D eigenvalue weighted by Gasteiger charge is 2.31. The van der Waals surface area contributed by atoms with Gasteiger partial charge in [-0.1, -0.05) is 17.7 Å². The van der Waals surface area contributed by atoms with Gasteiger partial charge in [-0.05, 0) is 32.9 Å². The van der Waals surface area contributed by atoms with E-state index in [9.17, 15) is 4.79 Å². The van der Waals surface area contributed by atoms with Crippen molar-refractivity contribution in [3.63, 3.8) is 0 Å². The van der Waals surface area contributed by atoms with Crippen LogP contribution in [0, 0.1) is 6.92 Å². The molecule has 0 spiro atoms. The summed E-state index contributed by atoms with van der Waals surface area (Å²) in [7, 11) is 0. The summed E-state index contributed by atoms with van der Waals surface area (Å²) in [5, 5.41) is 0. The van der Waals surface area contributed by atoms with Gasteiger partial charge in [0.15, 0.2) is 0 Å². The largest absolute Gasteiger partial charge is 0.476 e. The molecule has 0 amide bonds. The van der Waals surface area contributed by atoms with Crippen LogP contribution in [0.25, 0.3) is 0 Å². The summed E-state index contributed by atoms with van der Waals surface area (Å²) in [6, 6.07) is 7.39. The first-order chi connectivity index (χ1) is 6.95. The van der Waals surface area contributed by atoms with E-state index in [1.54, 1.807) is 26.0 Å². The zero-order valence-corrected chi connectivity index (χ0v) is 9.11. The number of ether oxygens (including phenoxy) is 1. The maximum atomic E-state index is 11.2. The Bertz CT molecular complexity index is 343. The highest BCUT2D eigenvalue weighted by Crippen LogP contribution is 2.19. The van der Waals surface area contributed by atoms with Crippen molar-refractivity contribution >= 4 is 5.97 Å². The zero-order chi connectivity index (χ0) is 11.5. The van der Waals surface area contributed by atoms with Crippen LogP contribution in [0.4, 0.5) is 0 Å². The highest BCUT2D eigenvalue weighted by molar-refractivity contribution is 5.78. The Hall–Kier alpha value is -1.55. The maximum Gasteiger partial charge on any atom is 0.368 e. The number of hydrogen-bond donors (Lipinski definition) is 1. The normalized spacial score (nSPS) is 10.9. The van der Waals surface area contributed by atoms with Gasteiger partial charge in [-0.2, -0.15) is 5.90 Å². The minimum Gasteiger partial charge on any atom is -0.476 e. The second-order valence-corrected chi connectivity index (χ2v) is 3.83. The molecule has 0 atom stereocenters. The molecular weight excluding hydrogens is 194 g/mol. The van der Waals surface area contributed by atoms with Crippen LogP contribution in [-0.2, 0) is 9.63 Å². The van der Waals surface area contributed by atoms with E-state index in [-0.39, 0.29) is 0 Å². The molecule has 15 heavy (non-hydrogen) atoms. The van der Waals surface area contributed by atoms with Crippen LogP contribution in [0.3, 0.4) is 0 Å². The average molecular weight is 209 g/mol. The van der Waals surface area contributed by atoms with Gasteiger partial charge >= 0.3 is 5.97 Å². The van der Waals surface area contributed by atoms with Crippen molar-refractivity contribution in [3.05, 3.63) is 29.8 Å². The fourth-order valence-electron chi connectivity index (χ4n) is 1.08. The first kappa shape index (κ1) is 11.5. The van der Waals surface area contributed by atoms with Gasteiger partial charge in [0.2, 0.25) is 5.60 Å². The summed E-state index contributed by atoms with van der Waals surface area (Å²) >= 11 is 0. The minimum atomic E-state index is -1.08. The van der Waals surface area contributed by atoms with E-state index >= 15 is 0 Å². The Morgan fingerprint density at radius 2 is 1.80 bits per heavy atom. The van der Waals surface area contributed by atoms with Crippen molar-refractivity contribution in [3.8, 4) is 5.75 Å². The lowest BCUT2D eigenvalue weighted by Crippen LogP contribution is -2.40. The van der Waals surface area contributed by atoms with Crippen molar-refractivity contribution in [1.29, 1.82) is 0 Å². The van der Waals surface area contributed by atoms with Gasteiger partial charge in [-0.25, -0.2) is 4.79 Å². The standard InChI is InChI=1S/C11H15NO3/c1-8-4-6-9(7-5-8)14-11(2,3)10(13)15-12/h4-7H,12H2,1-3H3. The zero-order valence-electron chi connectivity index (χ0n) is 9.11. The van der Waals surface area contributed by atoms with Crippen molar-refractivity contribution in [2.75, 3.05) is 0 Å². The Morgan fingerprint density at radius 3 is 2.27 bits per heavy atom. The number of rotatable bonds is 3. The summed E-state index contributed by atoms with van der Waals surface area (Å²) in [6.45, 7) is 5.17. The molecule has 0 aliphatic rings. The molecule has 82 valence electrons. The van der Waals surface area contributed by atoms with E-state index in [1.807, 2.05) is 19.1 Å². The summed E-state index contributed by atoms with van der Waals surface area (Å²) in [5.74, 6) is 4.81. The highest BCUT2D eigenvalue weighted by atomic mass is 16.7. The Labute approximate surface area is 88.9 Å². The minimum absolute atomic E-state index is 0.607. The number of benzene rings is 1. The number of carbonyl (C=O) groups excluding carboxylic acids is 1. The molecule has 0 aliphatic heterocycles. The van der Waals surface area contributed by atoms with Crippen LogP contribution in [0.15, 0.2) is 24.3 Å². The fourth-order valence-corrected chi connectivity index (χ4v) is 1.08. The molecule has 2 N–H and O–H groups in total. The molecule has 0 fully saturated rings. The second kappa shape index (κ2) is 4.31. The SMILES string of the molecule is Cc1ccc(OC(C)(C)C(=O)ON)cc1. The van der Waals surface area contributed by atoms with E-state index in [4.69, 9.17) is 10.6 Å². The first-order valence-corrected chi connectivity index (χ1v) is 4.62. The maximum absolute atomic E-state index is 11.2. The van der Waals surface area contributed by atoms with Crippen LogP contribution in [0.2, 0.25) is 0 Å². The number of carbonyl (C=O) groups is 1. The van der Waals surface area contributed by atoms with Crippen LogP contribution >= 0.6 is 0 Å². The van der Waals surface area contributed by atoms with Gasteiger partial charge in [-0.15, -0.1) is 0 Å². The van der Waals surface area contributed by atoms with E-state index in [2.05, 4.69) is 4.84 Å². The smallest absolute Gasteiger partial charge is 0.368 e. The third kappa shape index (κ3) is 2.95. The van der Waals surface area contributed by atoms with Crippen LogP contribution in [0.1, 0.15) is 19.4 Å². The third-order valence-electron chi connectivity index (χ3n) is 1.99. The lowest BCUT2D eigenvalue weighted by Gasteiger charge is -2.22. The van der Waals surface area contributed by atoms with Crippen molar-refractivity contribution < 1.29 is 14.4 Å². The Balaban J connectivity index is 2.77. The van der Waals surface area contributed by atoms with Gasteiger partial charge in [-0.3, -0.25) is 0 Å². The number of hydrogen-bond acceptors (Lipinski definition) is 4. The van der Waals surface area contributed by atoms with Gasteiger partial charge in [0, 0.05) is 0 Å². The summed E-state index contributed by atoms with van der Waals surface area (Å²) in [5.41, 5.74) is 0.0471. The third-order valence-corrected chi connectivity index (χ3v) is 1.99. The molecular formula is C11H15NO3. The molecule has 1 aromatic carbocycles. The molecule has 0 heterocycles. The van der Waals surface area contributed by atoms with Gasteiger partial charge < -0.3 is 9.57 Å². The first-order valence-electron chi connectivity index (χ1n) is 4.62. The predicted octanol–water partition coefficient (Wildman–Crippen LogP) is 1.57. The number of nitrogens with two attached hydrogens (primary N) is 1. The summed E-state index contributed by atoms with van der Waals surface area (Å²) < 4.78 is 5.45. The summed E-state index contributed by atoms with van der Waals surface area (Å²) in [6.07, 6.45) is 0. The quantitative estimate of drug-likeness (QED) is 0.767. The molecule has 0 aromatic heterocycles. The fraction of sp³-hybridized carbons (Fsp3) is 0.364. The molecule has 0 unspecified atom stereocenters. The van der Waals surface area contributed by atoms with Crippen LogP contribution in [-0.4, -0.2) is 11.6 Å². The molecule has 0 aliphatic carbocycles. The molecule has 0 saturated heterocycles. The van der Waals surface area contributed by atoms with E-state index in [0.29, 0.717) is 5.75 Å². The van der Waals surface area contributed by atoms with Gasteiger partial charge in [0.05, 0.1) is 0 Å². The molecule has 1 aromatic rings. The summed E-state index contributed by atoms with van der Waals surface area (Å²) in [4.78, 5) is 15.4. The molecule has 0 saturated carbocycles. The van der Waals surface area contributed by atoms with Crippen molar-refractivity contribution in [1.82, 2.24) is 0 Å². The van der Waals surface area contributed by atoms with Crippen molar-refractivity contribution in [2.45, 2.75) is 26.4 Å². The van der Waals surface area contributed by atoms with E-state index in [1.165, 1.54) is 0 Å².